The molecule has 27 heavy (non-hydrogen) atoms. The molecule has 0 spiro atoms. The van der Waals surface area contributed by atoms with Gasteiger partial charge in [0.2, 0.25) is 0 Å². The number of rotatable bonds is 7. The van der Waals surface area contributed by atoms with Crippen LogP contribution in [0.1, 0.15) is 38.7 Å². The van der Waals surface area contributed by atoms with Crippen molar-refractivity contribution in [2.75, 3.05) is 19.8 Å². The Kier molecular flexibility index (Phi) is 6.30. The quantitative estimate of drug-likeness (QED) is 0.525. The van der Waals surface area contributed by atoms with Gasteiger partial charge in [-0.15, -0.1) is 6.58 Å². The van der Waals surface area contributed by atoms with Crippen LogP contribution in [0.2, 0.25) is 0 Å². The van der Waals surface area contributed by atoms with E-state index in [2.05, 4.69) is 25.6 Å². The molecule has 2 fully saturated rings. The van der Waals surface area contributed by atoms with Crippen LogP contribution in [0.15, 0.2) is 54.6 Å². The van der Waals surface area contributed by atoms with Crippen molar-refractivity contribution < 1.29 is 19.0 Å². The van der Waals surface area contributed by atoms with Crippen LogP contribution in [0.4, 0.5) is 0 Å². The second kappa shape index (κ2) is 8.51. The molecule has 146 valence electrons. The molecule has 1 aliphatic carbocycles. The lowest BCUT2D eigenvalue weighted by molar-refractivity contribution is -0.138. The third-order valence-corrected chi connectivity index (χ3v) is 5.81. The lowest BCUT2D eigenvalue weighted by Crippen LogP contribution is -2.37. The number of ketones is 1. The van der Waals surface area contributed by atoms with Crippen molar-refractivity contribution in [1.29, 1.82) is 0 Å². The molecular weight excluding hydrogens is 340 g/mol. The number of hydrogen-bond acceptors (Lipinski definition) is 4. The van der Waals surface area contributed by atoms with E-state index in [9.17, 15) is 4.79 Å². The van der Waals surface area contributed by atoms with Crippen molar-refractivity contribution in [2.45, 2.75) is 45.5 Å². The molecule has 1 aromatic carbocycles. The van der Waals surface area contributed by atoms with Gasteiger partial charge in [0.1, 0.15) is 0 Å². The van der Waals surface area contributed by atoms with Crippen LogP contribution in [-0.4, -0.2) is 31.4 Å². The van der Waals surface area contributed by atoms with E-state index in [-0.39, 0.29) is 17.1 Å². The number of allylic oxidation sites excluding steroid dienone is 2. The summed E-state index contributed by atoms with van der Waals surface area (Å²) in [5.74, 6) is -0.189. The minimum atomic E-state index is -0.605. The predicted molar refractivity (Wildman–Crippen MR) is 105 cm³/mol. The molecule has 2 atom stereocenters. The molecule has 2 aliphatic rings. The standard InChI is InChI=1S/C23H30O4/c1-4-22(2)15-21(24)19(10-11-23(3)26-12-13-27-23)14-20(22)17-25-16-18-8-6-5-7-9-18/h4-10,20H,1,11-17H2,2-3H3/b19-10-/t20-,22+/m0/s1. The van der Waals surface area contributed by atoms with E-state index >= 15 is 0 Å². The Morgan fingerprint density at radius 3 is 2.59 bits per heavy atom. The zero-order valence-electron chi connectivity index (χ0n) is 16.4. The molecule has 0 bridgehead atoms. The molecular formula is C23H30O4. The molecule has 0 aromatic heterocycles. The van der Waals surface area contributed by atoms with Gasteiger partial charge < -0.3 is 14.2 Å². The fourth-order valence-electron chi connectivity index (χ4n) is 3.78. The van der Waals surface area contributed by atoms with Gasteiger partial charge in [-0.25, -0.2) is 0 Å². The molecule has 0 N–H and O–H groups in total. The highest BCUT2D eigenvalue weighted by Crippen LogP contribution is 2.43. The van der Waals surface area contributed by atoms with Crippen LogP contribution in [0, 0.1) is 11.3 Å². The molecule has 4 heteroatoms. The van der Waals surface area contributed by atoms with Gasteiger partial charge >= 0.3 is 0 Å². The van der Waals surface area contributed by atoms with Gasteiger partial charge in [0, 0.05) is 12.8 Å². The molecule has 1 aliphatic heterocycles. The van der Waals surface area contributed by atoms with Gasteiger partial charge in [-0.3, -0.25) is 4.79 Å². The number of Topliss-reactive ketones (excluding diaryl/α,β-unsaturated/α-hetero) is 1. The average molecular weight is 370 g/mol. The average Bonchev–Trinajstić information content (AvgIpc) is 3.10. The van der Waals surface area contributed by atoms with Crippen molar-refractivity contribution >= 4 is 5.78 Å². The van der Waals surface area contributed by atoms with Gasteiger partial charge in [-0.05, 0) is 35.8 Å². The van der Waals surface area contributed by atoms with Crippen LogP contribution in [0.25, 0.3) is 0 Å². The fourth-order valence-corrected chi connectivity index (χ4v) is 3.78. The second-order valence-electron chi connectivity index (χ2n) is 7.98. The molecule has 1 aromatic rings. The Morgan fingerprint density at radius 1 is 1.22 bits per heavy atom. The van der Waals surface area contributed by atoms with Gasteiger partial charge in [0.05, 0.1) is 26.4 Å². The zero-order chi connectivity index (χ0) is 19.3. The maximum Gasteiger partial charge on any atom is 0.169 e. The number of benzene rings is 1. The smallest absolute Gasteiger partial charge is 0.169 e. The number of carbonyl (C=O) groups excluding carboxylic acids is 1. The fraction of sp³-hybridized carbons (Fsp3) is 0.522. The van der Waals surface area contributed by atoms with E-state index in [1.54, 1.807) is 0 Å². The first-order valence-electron chi connectivity index (χ1n) is 9.69. The normalized spacial score (nSPS) is 29.2. The summed E-state index contributed by atoms with van der Waals surface area (Å²) in [4.78, 5) is 12.7. The van der Waals surface area contributed by atoms with Gasteiger partial charge in [-0.2, -0.15) is 0 Å². The highest BCUT2D eigenvalue weighted by Gasteiger charge is 2.40. The van der Waals surface area contributed by atoms with E-state index in [1.165, 1.54) is 0 Å². The summed E-state index contributed by atoms with van der Waals surface area (Å²) in [6.07, 6.45) is 5.69. The summed E-state index contributed by atoms with van der Waals surface area (Å²) in [6, 6.07) is 10.1. The SMILES string of the molecule is C=C[C@]1(C)CC(=O)/C(=C\CC2(C)OCCO2)C[C@H]1COCc1ccccc1. The van der Waals surface area contributed by atoms with Crippen molar-refractivity contribution in [3.8, 4) is 0 Å². The lowest BCUT2D eigenvalue weighted by Gasteiger charge is -2.39. The minimum Gasteiger partial charge on any atom is -0.376 e. The summed E-state index contributed by atoms with van der Waals surface area (Å²) in [5, 5.41) is 0. The first kappa shape index (κ1) is 20.0. The Labute approximate surface area is 162 Å². The molecule has 0 amide bonds. The van der Waals surface area contributed by atoms with E-state index in [4.69, 9.17) is 14.2 Å². The summed E-state index contributed by atoms with van der Waals surface area (Å²) in [5.41, 5.74) is 1.78. The van der Waals surface area contributed by atoms with Crippen LogP contribution < -0.4 is 0 Å². The third kappa shape index (κ3) is 4.95. The predicted octanol–water partition coefficient (Wildman–Crippen LogP) is 4.45. The van der Waals surface area contributed by atoms with Crippen LogP contribution in [0.3, 0.4) is 0 Å². The number of hydrogen-bond donors (Lipinski definition) is 0. The van der Waals surface area contributed by atoms with Gasteiger partial charge in [-0.1, -0.05) is 49.4 Å². The van der Waals surface area contributed by atoms with E-state index in [1.807, 2.05) is 37.3 Å². The summed E-state index contributed by atoms with van der Waals surface area (Å²) < 4.78 is 17.3. The summed E-state index contributed by atoms with van der Waals surface area (Å²) in [6.45, 7) is 10.4. The number of carbonyl (C=O) groups is 1. The van der Waals surface area contributed by atoms with Crippen LogP contribution in [-0.2, 0) is 25.6 Å². The van der Waals surface area contributed by atoms with Crippen molar-refractivity contribution in [1.82, 2.24) is 0 Å². The Bertz CT molecular complexity index is 688. The summed E-state index contributed by atoms with van der Waals surface area (Å²) >= 11 is 0. The highest BCUT2D eigenvalue weighted by atomic mass is 16.7. The zero-order valence-corrected chi connectivity index (χ0v) is 16.4. The topological polar surface area (TPSA) is 44.8 Å². The lowest BCUT2D eigenvalue weighted by atomic mass is 9.65. The highest BCUT2D eigenvalue weighted by molar-refractivity contribution is 5.96. The van der Waals surface area contributed by atoms with Crippen LogP contribution >= 0.6 is 0 Å². The Morgan fingerprint density at radius 2 is 1.93 bits per heavy atom. The molecule has 3 rings (SSSR count). The monoisotopic (exact) mass is 370 g/mol. The van der Waals surface area contributed by atoms with Crippen molar-refractivity contribution in [3.05, 3.63) is 60.2 Å². The van der Waals surface area contributed by atoms with E-state index in [0.717, 1.165) is 11.1 Å². The Balaban J connectivity index is 1.64. The van der Waals surface area contributed by atoms with Crippen molar-refractivity contribution in [2.24, 2.45) is 11.3 Å². The molecule has 1 heterocycles. The molecule has 1 saturated heterocycles. The second-order valence-corrected chi connectivity index (χ2v) is 7.98. The molecule has 0 radical (unpaired) electrons. The van der Waals surface area contributed by atoms with Crippen molar-refractivity contribution in [3.63, 3.8) is 0 Å². The maximum atomic E-state index is 12.7. The largest absolute Gasteiger partial charge is 0.376 e. The third-order valence-electron chi connectivity index (χ3n) is 5.81. The van der Waals surface area contributed by atoms with Gasteiger partial charge in [0.25, 0.3) is 0 Å². The molecule has 1 saturated carbocycles. The first-order chi connectivity index (χ1) is 12.9. The first-order valence-corrected chi connectivity index (χ1v) is 9.69. The van der Waals surface area contributed by atoms with E-state index in [0.29, 0.717) is 45.7 Å². The number of ether oxygens (including phenoxy) is 3. The van der Waals surface area contributed by atoms with E-state index < -0.39 is 5.79 Å². The van der Waals surface area contributed by atoms with Crippen LogP contribution in [0.5, 0.6) is 0 Å². The summed E-state index contributed by atoms with van der Waals surface area (Å²) in [7, 11) is 0. The minimum absolute atomic E-state index is 0.193. The molecule has 4 nitrogen and oxygen atoms in total. The van der Waals surface area contributed by atoms with Gasteiger partial charge in [0.15, 0.2) is 11.6 Å². The Hall–Kier alpha value is -1.75. The molecule has 0 unspecified atom stereocenters. The maximum absolute atomic E-state index is 12.7.